The van der Waals surface area contributed by atoms with Gasteiger partial charge in [0.2, 0.25) is 5.91 Å². The van der Waals surface area contributed by atoms with Crippen LogP contribution in [0.3, 0.4) is 0 Å². The van der Waals surface area contributed by atoms with Crippen molar-refractivity contribution in [1.29, 1.82) is 0 Å². The summed E-state index contributed by atoms with van der Waals surface area (Å²) in [4.78, 5) is 27.6. The molecule has 0 saturated heterocycles. The molecule has 1 aliphatic rings. The highest BCUT2D eigenvalue weighted by molar-refractivity contribution is 7.99. The van der Waals surface area contributed by atoms with Crippen molar-refractivity contribution in [1.82, 2.24) is 20.1 Å². The van der Waals surface area contributed by atoms with Crippen molar-refractivity contribution in [2.75, 3.05) is 24.3 Å². The number of halogens is 1. The van der Waals surface area contributed by atoms with Crippen molar-refractivity contribution in [3.8, 4) is 11.4 Å². The quantitative estimate of drug-likeness (QED) is 0.355. The van der Waals surface area contributed by atoms with Gasteiger partial charge in [-0.05, 0) is 54.4 Å². The van der Waals surface area contributed by atoms with Gasteiger partial charge in [-0.15, -0.1) is 10.2 Å². The average Bonchev–Trinajstić information content (AvgIpc) is 3.55. The first-order chi connectivity index (χ1) is 18.0. The summed E-state index contributed by atoms with van der Waals surface area (Å²) in [6.45, 7) is 0.707. The summed E-state index contributed by atoms with van der Waals surface area (Å²) in [6, 6.07) is 20.7. The smallest absolute Gasteiger partial charge is 0.255 e. The van der Waals surface area contributed by atoms with Gasteiger partial charge in [0, 0.05) is 17.9 Å². The molecule has 0 fully saturated rings. The number of thioether (sulfide) groups is 1. The second-order valence-corrected chi connectivity index (χ2v) is 9.25. The molecule has 0 spiro atoms. The number of para-hydroxylation sites is 2. The lowest BCUT2D eigenvalue weighted by molar-refractivity contribution is -0.116. The number of amides is 2. The molecule has 3 aromatic carbocycles. The lowest BCUT2D eigenvalue weighted by Gasteiger charge is -2.17. The first kappa shape index (κ1) is 24.5. The van der Waals surface area contributed by atoms with E-state index in [1.165, 1.54) is 31.0 Å². The van der Waals surface area contributed by atoms with Gasteiger partial charge in [-0.1, -0.05) is 42.1 Å². The molecule has 37 heavy (non-hydrogen) atoms. The molecule has 0 radical (unpaired) electrons. The molecule has 8 nitrogen and oxygen atoms in total. The van der Waals surface area contributed by atoms with Gasteiger partial charge in [0.05, 0.1) is 25.0 Å². The largest absolute Gasteiger partial charge is 0.496 e. The highest BCUT2D eigenvalue weighted by Crippen LogP contribution is 2.29. The van der Waals surface area contributed by atoms with Crippen LogP contribution in [0.4, 0.5) is 10.1 Å². The Morgan fingerprint density at radius 2 is 1.78 bits per heavy atom. The topological polar surface area (TPSA) is 89.3 Å². The lowest BCUT2D eigenvalue weighted by Crippen LogP contribution is -2.30. The number of carbonyl (C=O) groups is 2. The predicted octanol–water partition coefficient (Wildman–Crippen LogP) is 4.03. The van der Waals surface area contributed by atoms with Gasteiger partial charge in [-0.3, -0.25) is 14.2 Å². The van der Waals surface area contributed by atoms with Crippen LogP contribution in [0.15, 0.2) is 78.0 Å². The highest BCUT2D eigenvalue weighted by atomic mass is 32.2. The molecule has 0 bridgehead atoms. The fourth-order valence-electron chi connectivity index (χ4n) is 4.25. The maximum atomic E-state index is 13.6. The van der Waals surface area contributed by atoms with Crippen molar-refractivity contribution in [2.45, 2.75) is 18.1 Å². The summed E-state index contributed by atoms with van der Waals surface area (Å²) in [7, 11) is 1.50. The van der Waals surface area contributed by atoms with E-state index in [-0.39, 0.29) is 29.9 Å². The van der Waals surface area contributed by atoms with E-state index in [0.717, 1.165) is 17.7 Å². The number of methoxy groups -OCH3 is 1. The molecule has 4 aromatic rings. The third-order valence-electron chi connectivity index (χ3n) is 6.06. The number of anilines is 1. The number of benzene rings is 3. The summed E-state index contributed by atoms with van der Waals surface area (Å²) in [5, 5.41) is 11.9. The summed E-state index contributed by atoms with van der Waals surface area (Å²) in [6.07, 6.45) is 0.828. The van der Waals surface area contributed by atoms with Crippen LogP contribution in [-0.4, -0.2) is 46.0 Å². The molecule has 0 unspecified atom stereocenters. The van der Waals surface area contributed by atoms with E-state index in [0.29, 0.717) is 34.5 Å². The lowest BCUT2D eigenvalue weighted by atomic mass is 10.2. The molecule has 5 rings (SSSR count). The molecule has 2 heterocycles. The van der Waals surface area contributed by atoms with Crippen LogP contribution in [0.5, 0.6) is 5.75 Å². The monoisotopic (exact) mass is 517 g/mol. The number of hydrogen-bond donors (Lipinski definition) is 1. The van der Waals surface area contributed by atoms with Crippen LogP contribution in [0.25, 0.3) is 5.69 Å². The molecular weight excluding hydrogens is 493 g/mol. The zero-order chi connectivity index (χ0) is 25.8. The normalized spacial score (nSPS) is 12.3. The number of fused-ring (bicyclic) bond motifs is 1. The molecule has 1 N–H and O–H groups in total. The summed E-state index contributed by atoms with van der Waals surface area (Å²) in [5.74, 6) is 0.314. The van der Waals surface area contributed by atoms with Crippen LogP contribution in [0.1, 0.15) is 21.7 Å². The van der Waals surface area contributed by atoms with Crippen molar-refractivity contribution in [2.24, 2.45) is 0 Å². The summed E-state index contributed by atoms with van der Waals surface area (Å²) < 4.78 is 20.6. The van der Waals surface area contributed by atoms with E-state index in [1.54, 1.807) is 45.9 Å². The Morgan fingerprint density at radius 1 is 1.03 bits per heavy atom. The Morgan fingerprint density at radius 3 is 2.59 bits per heavy atom. The number of nitrogens with zero attached hydrogens (tertiary/aromatic N) is 4. The minimum atomic E-state index is -0.375. The van der Waals surface area contributed by atoms with Gasteiger partial charge in [0.25, 0.3) is 5.91 Å². The van der Waals surface area contributed by atoms with Crippen LogP contribution in [0.2, 0.25) is 0 Å². The second kappa shape index (κ2) is 10.8. The van der Waals surface area contributed by atoms with Crippen LogP contribution < -0.4 is 15.0 Å². The number of ether oxygens (including phenoxy) is 1. The Kier molecular flexibility index (Phi) is 7.18. The number of aromatic nitrogens is 3. The first-order valence-electron chi connectivity index (χ1n) is 11.7. The minimum absolute atomic E-state index is 0.0327. The molecule has 2 amide bonds. The molecule has 1 aliphatic heterocycles. The fraction of sp³-hybridized carbons (Fsp3) is 0.185. The van der Waals surface area contributed by atoms with E-state index in [4.69, 9.17) is 4.74 Å². The number of rotatable bonds is 8. The van der Waals surface area contributed by atoms with E-state index >= 15 is 0 Å². The molecular formula is C27H24FN5O3S. The van der Waals surface area contributed by atoms with Crippen molar-refractivity contribution in [3.05, 3.63) is 95.6 Å². The molecule has 188 valence electrons. The van der Waals surface area contributed by atoms with Crippen molar-refractivity contribution >= 4 is 29.3 Å². The number of carbonyl (C=O) groups excluding carboxylic acids is 2. The zero-order valence-corrected chi connectivity index (χ0v) is 20.9. The SMILES string of the molecule is COc1ccccc1C(=O)NCc1nnc(SCC(=O)N2CCc3ccccc32)n1-c1ccc(F)cc1. The van der Waals surface area contributed by atoms with Gasteiger partial charge < -0.3 is 15.0 Å². The third-order valence-corrected chi connectivity index (χ3v) is 6.97. The summed E-state index contributed by atoms with van der Waals surface area (Å²) in [5.41, 5.74) is 3.11. The van der Waals surface area contributed by atoms with Gasteiger partial charge in [0.1, 0.15) is 11.6 Å². The van der Waals surface area contributed by atoms with Crippen LogP contribution in [0, 0.1) is 5.82 Å². The average molecular weight is 518 g/mol. The van der Waals surface area contributed by atoms with Gasteiger partial charge in [0.15, 0.2) is 11.0 Å². The number of hydrogen-bond acceptors (Lipinski definition) is 6. The van der Waals surface area contributed by atoms with Crippen molar-refractivity contribution in [3.63, 3.8) is 0 Å². The Labute approximate surface area is 217 Å². The Bertz CT molecular complexity index is 1440. The Hall–Kier alpha value is -4.18. The second-order valence-electron chi connectivity index (χ2n) is 8.31. The van der Waals surface area contributed by atoms with Crippen LogP contribution in [-0.2, 0) is 17.8 Å². The van der Waals surface area contributed by atoms with E-state index < -0.39 is 0 Å². The third kappa shape index (κ3) is 5.19. The zero-order valence-electron chi connectivity index (χ0n) is 20.1. The molecule has 1 aromatic heterocycles. The number of nitrogens with one attached hydrogen (secondary N) is 1. The van der Waals surface area contributed by atoms with E-state index in [9.17, 15) is 14.0 Å². The van der Waals surface area contributed by atoms with Crippen LogP contribution >= 0.6 is 11.8 Å². The van der Waals surface area contributed by atoms with Gasteiger partial charge in [-0.25, -0.2) is 4.39 Å². The Balaban J connectivity index is 1.35. The molecule has 10 heteroatoms. The first-order valence-corrected chi connectivity index (χ1v) is 12.7. The maximum Gasteiger partial charge on any atom is 0.255 e. The highest BCUT2D eigenvalue weighted by Gasteiger charge is 2.25. The molecule has 0 saturated carbocycles. The predicted molar refractivity (Wildman–Crippen MR) is 139 cm³/mol. The summed E-state index contributed by atoms with van der Waals surface area (Å²) >= 11 is 1.24. The van der Waals surface area contributed by atoms with Crippen molar-refractivity contribution < 1.29 is 18.7 Å². The van der Waals surface area contributed by atoms with E-state index in [2.05, 4.69) is 15.5 Å². The molecule has 0 atom stereocenters. The molecule has 0 aliphatic carbocycles. The minimum Gasteiger partial charge on any atom is -0.496 e. The van der Waals surface area contributed by atoms with Gasteiger partial charge in [-0.2, -0.15) is 0 Å². The van der Waals surface area contributed by atoms with Gasteiger partial charge >= 0.3 is 0 Å². The fourth-order valence-corrected chi connectivity index (χ4v) is 5.09. The maximum absolute atomic E-state index is 13.6. The standard InChI is InChI=1S/C27H24FN5O3S/c1-36-23-9-5-3-7-21(23)26(35)29-16-24-30-31-27(33(24)20-12-10-19(28)11-13-20)37-17-25(34)32-15-14-18-6-2-4-8-22(18)32/h2-13H,14-17H2,1H3,(H,29,35). The van der Waals surface area contributed by atoms with E-state index in [1.807, 2.05) is 24.3 Å².